The van der Waals surface area contributed by atoms with Gasteiger partial charge in [0.2, 0.25) is 11.8 Å². The third kappa shape index (κ3) is 1.76. The second-order valence-electron chi connectivity index (χ2n) is 6.35. The lowest BCUT2D eigenvalue weighted by Crippen LogP contribution is -2.37. The summed E-state index contributed by atoms with van der Waals surface area (Å²) in [6.45, 7) is 1.97. The number of fused-ring (bicyclic) bond motifs is 5. The van der Waals surface area contributed by atoms with Crippen LogP contribution in [0, 0.1) is 30.6 Å². The van der Waals surface area contributed by atoms with Crippen molar-refractivity contribution in [1.82, 2.24) is 0 Å². The monoisotopic (exact) mass is 411 g/mol. The molecule has 1 heterocycles. The minimum absolute atomic E-state index is 0.00745. The summed E-state index contributed by atoms with van der Waals surface area (Å²) in [6, 6.07) is 7.63. The highest BCUT2D eigenvalue weighted by atomic mass is 79.9. The molecule has 110 valence electrons. The number of carbonyl (C=O) groups excluding carboxylic acids is 2. The van der Waals surface area contributed by atoms with Gasteiger partial charge in [0.1, 0.15) is 0 Å². The maximum atomic E-state index is 12.8. The maximum Gasteiger partial charge on any atom is 0.238 e. The molecule has 2 bridgehead atoms. The van der Waals surface area contributed by atoms with Gasteiger partial charge in [-0.1, -0.05) is 44.0 Å². The summed E-state index contributed by atoms with van der Waals surface area (Å²) in [5.74, 6) is 0.257. The Hall–Kier alpha value is -0.680. The van der Waals surface area contributed by atoms with Crippen LogP contribution in [0.3, 0.4) is 0 Å². The highest BCUT2D eigenvalue weighted by Crippen LogP contribution is 2.60. The van der Waals surface area contributed by atoms with Gasteiger partial charge < -0.3 is 0 Å². The topological polar surface area (TPSA) is 37.4 Å². The molecule has 0 aromatic heterocycles. The molecule has 6 atom stereocenters. The maximum absolute atomic E-state index is 12.8. The number of halogens is 2. The van der Waals surface area contributed by atoms with Crippen molar-refractivity contribution < 1.29 is 9.59 Å². The van der Waals surface area contributed by atoms with Crippen molar-refractivity contribution in [1.29, 1.82) is 0 Å². The highest BCUT2D eigenvalue weighted by Gasteiger charge is 2.66. The lowest BCUT2D eigenvalue weighted by Gasteiger charge is -2.28. The standard InChI is InChI=1S/C16H15Br2NO2/c1-7-3-2-4-8(5-7)19-15(20)11-9-6-10(12(11)16(19)21)14(18)13(9)17/h2-5,9-14H,6H2,1H3/t9-,10+,11-,12-,13-,14+/m0/s1. The number of imide groups is 1. The van der Waals surface area contributed by atoms with E-state index in [0.717, 1.165) is 17.7 Å². The summed E-state index contributed by atoms with van der Waals surface area (Å²) in [7, 11) is 0. The predicted octanol–water partition coefficient (Wildman–Crippen LogP) is 3.28. The van der Waals surface area contributed by atoms with Gasteiger partial charge in [0.05, 0.1) is 17.5 Å². The molecule has 1 saturated heterocycles. The fourth-order valence-electron chi connectivity index (χ4n) is 4.37. The van der Waals surface area contributed by atoms with E-state index in [9.17, 15) is 9.59 Å². The molecule has 1 aromatic carbocycles. The molecule has 1 aliphatic heterocycles. The summed E-state index contributed by atoms with van der Waals surface area (Å²) >= 11 is 7.41. The average Bonchev–Trinajstić information content (AvgIpc) is 3.04. The Labute approximate surface area is 140 Å². The van der Waals surface area contributed by atoms with Crippen LogP contribution in [0.15, 0.2) is 24.3 Å². The summed E-state index contributed by atoms with van der Waals surface area (Å²) in [6.07, 6.45) is 0.973. The molecule has 0 N–H and O–H groups in total. The average molecular weight is 413 g/mol. The van der Waals surface area contributed by atoms with Gasteiger partial charge in [-0.05, 0) is 42.9 Å². The fraction of sp³-hybridized carbons (Fsp3) is 0.500. The normalized spacial score (nSPS) is 41.0. The van der Waals surface area contributed by atoms with E-state index in [2.05, 4.69) is 31.9 Å². The van der Waals surface area contributed by atoms with Crippen LogP contribution in [-0.4, -0.2) is 21.5 Å². The number of hydrogen-bond acceptors (Lipinski definition) is 2. The van der Waals surface area contributed by atoms with Crippen LogP contribution >= 0.6 is 31.9 Å². The largest absolute Gasteiger partial charge is 0.274 e. The molecule has 3 nitrogen and oxygen atoms in total. The van der Waals surface area contributed by atoms with E-state index in [1.54, 1.807) is 0 Å². The number of anilines is 1. The SMILES string of the molecule is Cc1cccc(N2C(=O)[C@H]3[C@@H]4C[C@@H]([C@@H](Br)[C@H]4Br)[C@@H]3C2=O)c1. The number of rotatable bonds is 1. The molecule has 3 fully saturated rings. The van der Waals surface area contributed by atoms with Crippen molar-refractivity contribution in [3.63, 3.8) is 0 Å². The van der Waals surface area contributed by atoms with Crippen molar-refractivity contribution in [2.75, 3.05) is 4.90 Å². The smallest absolute Gasteiger partial charge is 0.238 e. The van der Waals surface area contributed by atoms with E-state index in [1.165, 1.54) is 4.90 Å². The van der Waals surface area contributed by atoms with Gasteiger partial charge in [-0.2, -0.15) is 0 Å². The molecule has 0 unspecified atom stereocenters. The van der Waals surface area contributed by atoms with Crippen LogP contribution in [0.2, 0.25) is 0 Å². The van der Waals surface area contributed by atoms with E-state index in [4.69, 9.17) is 0 Å². The molecular weight excluding hydrogens is 398 g/mol. The van der Waals surface area contributed by atoms with Gasteiger partial charge in [-0.3, -0.25) is 14.5 Å². The Bertz CT molecular complexity index is 615. The second-order valence-corrected chi connectivity index (χ2v) is 8.47. The van der Waals surface area contributed by atoms with Crippen molar-refractivity contribution in [3.05, 3.63) is 29.8 Å². The molecule has 2 amide bonds. The van der Waals surface area contributed by atoms with Crippen molar-refractivity contribution >= 4 is 49.4 Å². The number of amides is 2. The third-order valence-corrected chi connectivity index (χ3v) is 8.45. The lowest BCUT2D eigenvalue weighted by molar-refractivity contribution is -0.123. The zero-order valence-corrected chi connectivity index (χ0v) is 14.7. The number of aryl methyl sites for hydroxylation is 1. The lowest BCUT2D eigenvalue weighted by atomic mass is 9.81. The van der Waals surface area contributed by atoms with Gasteiger partial charge in [-0.15, -0.1) is 0 Å². The van der Waals surface area contributed by atoms with Gasteiger partial charge >= 0.3 is 0 Å². The molecule has 0 radical (unpaired) electrons. The quantitative estimate of drug-likeness (QED) is 0.524. The minimum Gasteiger partial charge on any atom is -0.274 e. The van der Waals surface area contributed by atoms with Crippen molar-refractivity contribution in [3.8, 4) is 0 Å². The summed E-state index contributed by atoms with van der Waals surface area (Å²) in [4.78, 5) is 27.6. The minimum atomic E-state index is -0.138. The van der Waals surface area contributed by atoms with Crippen LogP contribution < -0.4 is 4.90 Å². The molecular formula is C16H15Br2NO2. The molecule has 2 saturated carbocycles. The molecule has 2 aliphatic carbocycles. The summed E-state index contributed by atoms with van der Waals surface area (Å²) in [5, 5.41) is 0. The highest BCUT2D eigenvalue weighted by molar-refractivity contribution is 9.12. The first-order valence-corrected chi connectivity index (χ1v) is 9.06. The summed E-state index contributed by atoms with van der Waals surface area (Å²) in [5.41, 5.74) is 1.78. The van der Waals surface area contributed by atoms with Crippen molar-refractivity contribution in [2.45, 2.75) is 23.0 Å². The number of alkyl halides is 2. The first-order valence-electron chi connectivity index (χ1n) is 7.23. The Morgan fingerprint density at radius 1 is 1.05 bits per heavy atom. The van der Waals surface area contributed by atoms with Crippen LogP contribution in [-0.2, 0) is 9.59 Å². The van der Waals surface area contributed by atoms with Crippen LogP contribution in [0.5, 0.6) is 0 Å². The van der Waals surface area contributed by atoms with Crippen molar-refractivity contribution in [2.24, 2.45) is 23.7 Å². The van der Waals surface area contributed by atoms with Gasteiger partial charge in [-0.25, -0.2) is 0 Å². The van der Waals surface area contributed by atoms with Crippen LogP contribution in [0.25, 0.3) is 0 Å². The number of nitrogens with zero attached hydrogens (tertiary/aromatic N) is 1. The molecule has 1 aromatic rings. The first kappa shape index (κ1) is 13.9. The first-order chi connectivity index (χ1) is 10.0. The molecule has 3 aliphatic rings. The Morgan fingerprint density at radius 2 is 1.62 bits per heavy atom. The zero-order chi connectivity index (χ0) is 14.9. The van der Waals surface area contributed by atoms with E-state index >= 15 is 0 Å². The fourth-order valence-corrected chi connectivity index (χ4v) is 6.24. The van der Waals surface area contributed by atoms with E-state index < -0.39 is 0 Å². The molecule has 5 heteroatoms. The van der Waals surface area contributed by atoms with Crippen LogP contribution in [0.4, 0.5) is 5.69 Å². The predicted molar refractivity (Wildman–Crippen MR) is 87.7 cm³/mol. The molecule has 21 heavy (non-hydrogen) atoms. The Morgan fingerprint density at radius 3 is 2.14 bits per heavy atom. The van der Waals surface area contributed by atoms with E-state index in [0.29, 0.717) is 0 Å². The number of hydrogen-bond donors (Lipinski definition) is 0. The van der Waals surface area contributed by atoms with Gasteiger partial charge in [0.25, 0.3) is 0 Å². The second kappa shape index (κ2) is 4.66. The van der Waals surface area contributed by atoms with E-state index in [-0.39, 0.29) is 45.1 Å². The Balaban J connectivity index is 1.75. The van der Waals surface area contributed by atoms with Crippen LogP contribution in [0.1, 0.15) is 12.0 Å². The Kier molecular flexibility index (Phi) is 3.09. The zero-order valence-electron chi connectivity index (χ0n) is 11.5. The number of carbonyl (C=O) groups is 2. The molecule has 4 rings (SSSR count). The molecule has 0 spiro atoms. The summed E-state index contributed by atoms with van der Waals surface area (Å²) < 4.78 is 0. The van der Waals surface area contributed by atoms with Gasteiger partial charge in [0.15, 0.2) is 0 Å². The van der Waals surface area contributed by atoms with Gasteiger partial charge in [0, 0.05) is 9.65 Å². The third-order valence-electron chi connectivity index (χ3n) is 5.25. The number of benzene rings is 1. The van der Waals surface area contributed by atoms with E-state index in [1.807, 2.05) is 31.2 Å².